The molecule has 0 unspecified atom stereocenters. The summed E-state index contributed by atoms with van der Waals surface area (Å²) in [5, 5.41) is 11.9. The molecule has 0 saturated carbocycles. The second-order valence-corrected chi connectivity index (χ2v) is 6.89. The Morgan fingerprint density at radius 3 is 2.54 bits per heavy atom. The highest BCUT2D eigenvalue weighted by molar-refractivity contribution is 5.74. The van der Waals surface area contributed by atoms with E-state index >= 15 is 0 Å². The van der Waals surface area contributed by atoms with Crippen molar-refractivity contribution >= 4 is 6.03 Å². The number of carbonyl (C=O) groups is 1. The van der Waals surface area contributed by atoms with Gasteiger partial charge in [-0.25, -0.2) is 14.5 Å². The summed E-state index contributed by atoms with van der Waals surface area (Å²) in [5.74, 6) is 0.789. The van der Waals surface area contributed by atoms with Crippen LogP contribution in [0.5, 0.6) is 0 Å². The van der Waals surface area contributed by atoms with Gasteiger partial charge in [0, 0.05) is 30.9 Å². The largest absolute Gasteiger partial charge is 0.328 e. The number of carbonyl (C=O) groups excluding carboxylic acids is 1. The standard InChI is InChI=1S/C18H31N7O/c1-8-16(17-19-11-20-24(17)9-2)21-18(26)23(7)10-15-13(5)22-25(12(3)4)14(15)6/h11-12,16H,8-10H2,1-7H3,(H,21,26)/t16-/m1/s1. The van der Waals surface area contributed by atoms with Crippen molar-refractivity contribution in [3.63, 3.8) is 0 Å². The van der Waals surface area contributed by atoms with E-state index in [0.717, 1.165) is 35.7 Å². The third-order valence-corrected chi connectivity index (χ3v) is 4.67. The van der Waals surface area contributed by atoms with Gasteiger partial charge in [-0.05, 0) is 41.0 Å². The summed E-state index contributed by atoms with van der Waals surface area (Å²) >= 11 is 0. The van der Waals surface area contributed by atoms with Crippen LogP contribution in [0.15, 0.2) is 6.33 Å². The molecule has 2 rings (SSSR count). The van der Waals surface area contributed by atoms with Crippen LogP contribution in [0.3, 0.4) is 0 Å². The van der Waals surface area contributed by atoms with E-state index in [0.29, 0.717) is 12.6 Å². The number of hydrogen-bond acceptors (Lipinski definition) is 4. The fourth-order valence-corrected chi connectivity index (χ4v) is 3.13. The third kappa shape index (κ3) is 4.05. The van der Waals surface area contributed by atoms with Crippen LogP contribution in [0.1, 0.15) is 69.0 Å². The maximum absolute atomic E-state index is 12.7. The van der Waals surface area contributed by atoms with Gasteiger partial charge in [0.25, 0.3) is 0 Å². The molecule has 2 aromatic heterocycles. The number of hydrogen-bond donors (Lipinski definition) is 1. The molecule has 26 heavy (non-hydrogen) atoms. The van der Waals surface area contributed by atoms with Crippen molar-refractivity contribution in [2.75, 3.05) is 7.05 Å². The van der Waals surface area contributed by atoms with E-state index in [9.17, 15) is 4.79 Å². The SMILES string of the molecule is CC[C@@H](NC(=O)N(C)Cc1c(C)nn(C(C)C)c1C)c1ncnn1CC. The number of nitrogens with one attached hydrogen (secondary N) is 1. The fourth-order valence-electron chi connectivity index (χ4n) is 3.13. The predicted octanol–water partition coefficient (Wildman–Crippen LogP) is 2.98. The molecule has 1 N–H and O–H groups in total. The van der Waals surface area contributed by atoms with Crippen molar-refractivity contribution < 1.29 is 4.79 Å². The van der Waals surface area contributed by atoms with Crippen LogP contribution >= 0.6 is 0 Å². The zero-order valence-corrected chi connectivity index (χ0v) is 16.9. The van der Waals surface area contributed by atoms with Gasteiger partial charge in [-0.3, -0.25) is 4.68 Å². The van der Waals surface area contributed by atoms with Gasteiger partial charge in [-0.2, -0.15) is 10.2 Å². The summed E-state index contributed by atoms with van der Waals surface area (Å²) in [6.45, 7) is 13.5. The molecule has 0 aliphatic carbocycles. The number of aryl methyl sites for hydroxylation is 2. The lowest BCUT2D eigenvalue weighted by molar-refractivity contribution is 0.201. The number of urea groups is 1. The van der Waals surface area contributed by atoms with Crippen molar-refractivity contribution in [3.05, 3.63) is 29.1 Å². The van der Waals surface area contributed by atoms with Crippen LogP contribution < -0.4 is 5.32 Å². The van der Waals surface area contributed by atoms with Gasteiger partial charge >= 0.3 is 6.03 Å². The molecule has 0 aromatic carbocycles. The molecule has 1 atom stereocenters. The van der Waals surface area contributed by atoms with Crippen LogP contribution in [-0.4, -0.2) is 42.5 Å². The highest BCUT2D eigenvalue weighted by atomic mass is 16.2. The molecule has 0 bridgehead atoms. The van der Waals surface area contributed by atoms with Crippen molar-refractivity contribution in [2.24, 2.45) is 0 Å². The summed E-state index contributed by atoms with van der Waals surface area (Å²) in [6, 6.07) is 0.0121. The average Bonchev–Trinajstić information content (AvgIpc) is 3.18. The Bertz CT molecular complexity index is 747. The van der Waals surface area contributed by atoms with Gasteiger partial charge in [0.1, 0.15) is 12.2 Å². The van der Waals surface area contributed by atoms with Gasteiger partial charge in [0.15, 0.2) is 0 Å². The Morgan fingerprint density at radius 1 is 1.31 bits per heavy atom. The molecule has 0 spiro atoms. The first-order valence-corrected chi connectivity index (χ1v) is 9.23. The summed E-state index contributed by atoms with van der Waals surface area (Å²) in [7, 11) is 1.80. The van der Waals surface area contributed by atoms with Gasteiger partial charge in [-0.15, -0.1) is 0 Å². The Morgan fingerprint density at radius 2 is 2.00 bits per heavy atom. The monoisotopic (exact) mass is 361 g/mol. The number of rotatable bonds is 7. The maximum atomic E-state index is 12.7. The maximum Gasteiger partial charge on any atom is 0.318 e. The highest BCUT2D eigenvalue weighted by Crippen LogP contribution is 2.19. The van der Waals surface area contributed by atoms with Crippen LogP contribution in [0.2, 0.25) is 0 Å². The Hall–Kier alpha value is -2.38. The van der Waals surface area contributed by atoms with Crippen molar-refractivity contribution in [3.8, 4) is 0 Å². The highest BCUT2D eigenvalue weighted by Gasteiger charge is 2.22. The second-order valence-electron chi connectivity index (χ2n) is 6.89. The molecule has 0 saturated heterocycles. The summed E-state index contributed by atoms with van der Waals surface area (Å²) < 4.78 is 3.82. The molecule has 0 aliphatic heterocycles. The zero-order valence-electron chi connectivity index (χ0n) is 16.9. The fraction of sp³-hybridized carbons (Fsp3) is 0.667. The number of aromatic nitrogens is 5. The lowest BCUT2D eigenvalue weighted by atomic mass is 10.2. The molecule has 2 heterocycles. The summed E-state index contributed by atoms with van der Waals surface area (Å²) in [4.78, 5) is 18.7. The predicted molar refractivity (Wildman–Crippen MR) is 101 cm³/mol. The lowest BCUT2D eigenvalue weighted by Crippen LogP contribution is -2.39. The van der Waals surface area contributed by atoms with Gasteiger partial charge < -0.3 is 10.2 Å². The van der Waals surface area contributed by atoms with Crippen molar-refractivity contribution in [1.29, 1.82) is 0 Å². The Labute approximate surface area is 155 Å². The lowest BCUT2D eigenvalue weighted by Gasteiger charge is -2.23. The number of nitrogens with zero attached hydrogens (tertiary/aromatic N) is 6. The quantitative estimate of drug-likeness (QED) is 0.822. The minimum absolute atomic E-state index is 0.126. The topological polar surface area (TPSA) is 80.9 Å². The van der Waals surface area contributed by atoms with Gasteiger partial charge in [-0.1, -0.05) is 6.92 Å². The smallest absolute Gasteiger partial charge is 0.318 e. The van der Waals surface area contributed by atoms with E-state index in [1.54, 1.807) is 11.9 Å². The molecular formula is C18H31N7O. The molecule has 0 radical (unpaired) electrons. The third-order valence-electron chi connectivity index (χ3n) is 4.67. The van der Waals surface area contributed by atoms with E-state index in [1.807, 2.05) is 30.1 Å². The Kier molecular flexibility index (Phi) is 6.39. The molecule has 2 amide bonds. The van der Waals surface area contributed by atoms with E-state index in [4.69, 9.17) is 0 Å². The van der Waals surface area contributed by atoms with Crippen LogP contribution in [0.25, 0.3) is 0 Å². The molecule has 8 nitrogen and oxygen atoms in total. The minimum Gasteiger partial charge on any atom is -0.328 e. The van der Waals surface area contributed by atoms with Gasteiger partial charge in [0.05, 0.1) is 18.3 Å². The van der Waals surface area contributed by atoms with Crippen LogP contribution in [0, 0.1) is 13.8 Å². The molecule has 0 fully saturated rings. The van der Waals surface area contributed by atoms with E-state index in [2.05, 4.69) is 41.3 Å². The minimum atomic E-state index is -0.159. The molecule has 2 aromatic rings. The Balaban J connectivity index is 2.10. The second kappa shape index (κ2) is 8.33. The van der Waals surface area contributed by atoms with Crippen molar-refractivity contribution in [1.82, 2.24) is 34.8 Å². The van der Waals surface area contributed by atoms with Crippen LogP contribution in [-0.2, 0) is 13.1 Å². The normalized spacial score (nSPS) is 12.5. The first-order chi connectivity index (χ1) is 12.3. The average molecular weight is 361 g/mol. The molecule has 0 aliphatic rings. The van der Waals surface area contributed by atoms with E-state index in [1.165, 1.54) is 6.33 Å². The van der Waals surface area contributed by atoms with E-state index in [-0.39, 0.29) is 12.1 Å². The van der Waals surface area contributed by atoms with Gasteiger partial charge in [0.2, 0.25) is 0 Å². The molecular weight excluding hydrogens is 330 g/mol. The van der Waals surface area contributed by atoms with E-state index < -0.39 is 0 Å². The summed E-state index contributed by atoms with van der Waals surface area (Å²) in [5.41, 5.74) is 3.17. The van der Waals surface area contributed by atoms with Crippen LogP contribution in [0.4, 0.5) is 4.79 Å². The first kappa shape index (κ1) is 19.9. The summed E-state index contributed by atoms with van der Waals surface area (Å²) in [6.07, 6.45) is 2.28. The first-order valence-electron chi connectivity index (χ1n) is 9.23. The molecule has 144 valence electrons. The number of amides is 2. The zero-order chi connectivity index (χ0) is 19.4. The van der Waals surface area contributed by atoms with Crippen molar-refractivity contribution in [2.45, 2.75) is 73.1 Å². The molecule has 8 heteroatoms.